The molecule has 1 aliphatic carbocycles. The first kappa shape index (κ1) is 20.5. The summed E-state index contributed by atoms with van der Waals surface area (Å²) in [5.74, 6) is 1.34. The van der Waals surface area contributed by atoms with E-state index in [0.29, 0.717) is 25.6 Å². The van der Waals surface area contributed by atoms with Crippen molar-refractivity contribution in [2.45, 2.75) is 53.0 Å². The molecule has 3 rings (SSSR count). The predicted molar refractivity (Wildman–Crippen MR) is 111 cm³/mol. The first-order valence-electron chi connectivity index (χ1n) is 10.4. The Kier molecular flexibility index (Phi) is 6.16. The fourth-order valence-electron chi connectivity index (χ4n) is 4.76. The third-order valence-electron chi connectivity index (χ3n) is 5.64. The summed E-state index contributed by atoms with van der Waals surface area (Å²) in [6.45, 7) is 10.6. The number of carbonyl (C=O) groups is 2. The van der Waals surface area contributed by atoms with Crippen LogP contribution in [0, 0.1) is 11.3 Å². The molecule has 1 heterocycles. The zero-order valence-corrected chi connectivity index (χ0v) is 17.5. The monoisotopic (exact) mass is 387 g/mol. The average molecular weight is 388 g/mol. The van der Waals surface area contributed by atoms with E-state index in [2.05, 4.69) is 26.1 Å². The summed E-state index contributed by atoms with van der Waals surface area (Å²) < 4.78 is 5.45. The van der Waals surface area contributed by atoms with E-state index in [1.807, 2.05) is 31.2 Å². The van der Waals surface area contributed by atoms with Gasteiger partial charge in [0.1, 0.15) is 12.3 Å². The third-order valence-corrected chi connectivity index (χ3v) is 5.64. The topological polar surface area (TPSA) is 61.9 Å². The molecule has 2 aliphatic rings. The van der Waals surface area contributed by atoms with Crippen LogP contribution >= 0.6 is 0 Å². The van der Waals surface area contributed by atoms with Gasteiger partial charge >= 0.3 is 6.03 Å². The first-order valence-corrected chi connectivity index (χ1v) is 10.4. The van der Waals surface area contributed by atoms with Crippen molar-refractivity contribution in [1.29, 1.82) is 0 Å². The maximum Gasteiger partial charge on any atom is 0.325 e. The van der Waals surface area contributed by atoms with Crippen LogP contribution in [0.15, 0.2) is 24.3 Å². The minimum absolute atomic E-state index is 0.0585. The lowest BCUT2D eigenvalue weighted by Crippen LogP contribution is -2.47. The van der Waals surface area contributed by atoms with Gasteiger partial charge in [-0.1, -0.05) is 20.8 Å². The number of benzene rings is 1. The number of hydrogen-bond acceptors (Lipinski definition) is 3. The lowest BCUT2D eigenvalue weighted by atomic mass is 9.70. The summed E-state index contributed by atoms with van der Waals surface area (Å²) in [6, 6.07) is 7.60. The number of rotatable bonds is 6. The van der Waals surface area contributed by atoms with Crippen molar-refractivity contribution in [3.63, 3.8) is 0 Å². The highest BCUT2D eigenvalue weighted by Crippen LogP contribution is 2.38. The molecule has 6 heteroatoms. The second kappa shape index (κ2) is 8.41. The lowest BCUT2D eigenvalue weighted by Gasteiger charge is -2.39. The summed E-state index contributed by atoms with van der Waals surface area (Å²) in [4.78, 5) is 28.6. The highest BCUT2D eigenvalue weighted by atomic mass is 16.5. The number of anilines is 1. The fraction of sp³-hybridized carbons (Fsp3) is 0.636. The molecule has 0 bridgehead atoms. The van der Waals surface area contributed by atoms with E-state index in [-0.39, 0.29) is 29.9 Å². The van der Waals surface area contributed by atoms with Gasteiger partial charge in [0, 0.05) is 24.8 Å². The van der Waals surface area contributed by atoms with Gasteiger partial charge in [-0.15, -0.1) is 0 Å². The lowest BCUT2D eigenvalue weighted by molar-refractivity contribution is -0.122. The summed E-state index contributed by atoms with van der Waals surface area (Å²) in [5.41, 5.74) is 1.09. The van der Waals surface area contributed by atoms with Crippen molar-refractivity contribution in [2.75, 3.05) is 31.1 Å². The van der Waals surface area contributed by atoms with E-state index in [4.69, 9.17) is 4.74 Å². The molecule has 6 nitrogen and oxygen atoms in total. The Morgan fingerprint density at radius 1 is 1.21 bits per heavy atom. The largest absolute Gasteiger partial charge is 0.494 e. The molecule has 0 spiro atoms. The van der Waals surface area contributed by atoms with Crippen molar-refractivity contribution in [3.05, 3.63) is 24.3 Å². The molecule has 28 heavy (non-hydrogen) atoms. The normalized spacial score (nSPS) is 24.4. The van der Waals surface area contributed by atoms with Crippen molar-refractivity contribution < 1.29 is 14.3 Å². The number of hydrogen-bond donors (Lipinski definition) is 1. The van der Waals surface area contributed by atoms with Gasteiger partial charge in [0.25, 0.3) is 0 Å². The number of nitrogens with zero attached hydrogens (tertiary/aromatic N) is 2. The Labute approximate surface area is 168 Å². The molecule has 2 unspecified atom stereocenters. The van der Waals surface area contributed by atoms with Gasteiger partial charge in [-0.3, -0.25) is 9.69 Å². The van der Waals surface area contributed by atoms with Crippen LogP contribution < -0.4 is 15.0 Å². The quantitative estimate of drug-likeness (QED) is 0.810. The minimum atomic E-state index is -0.114. The molecule has 2 atom stereocenters. The van der Waals surface area contributed by atoms with E-state index in [1.54, 1.807) is 9.80 Å². The number of ether oxygens (including phenoxy) is 1. The van der Waals surface area contributed by atoms with Crippen molar-refractivity contribution in [3.8, 4) is 5.75 Å². The van der Waals surface area contributed by atoms with Gasteiger partial charge in [0.15, 0.2) is 0 Å². The third kappa shape index (κ3) is 4.97. The maximum absolute atomic E-state index is 12.7. The fourth-order valence-corrected chi connectivity index (χ4v) is 4.76. The van der Waals surface area contributed by atoms with Gasteiger partial charge in [-0.05, 0) is 61.8 Å². The van der Waals surface area contributed by atoms with Crippen LogP contribution in [0.4, 0.5) is 10.5 Å². The van der Waals surface area contributed by atoms with Crippen LogP contribution in [-0.4, -0.2) is 49.1 Å². The molecule has 1 saturated heterocycles. The Hall–Kier alpha value is -2.24. The van der Waals surface area contributed by atoms with E-state index < -0.39 is 0 Å². The Morgan fingerprint density at radius 2 is 1.93 bits per heavy atom. The molecule has 1 saturated carbocycles. The molecule has 3 amide bonds. The van der Waals surface area contributed by atoms with Crippen LogP contribution in [0.2, 0.25) is 0 Å². The second-order valence-corrected chi connectivity index (χ2v) is 8.96. The van der Waals surface area contributed by atoms with Gasteiger partial charge in [-0.25, -0.2) is 4.79 Å². The maximum atomic E-state index is 12.7. The Balaban J connectivity index is 1.54. The van der Waals surface area contributed by atoms with E-state index >= 15 is 0 Å². The summed E-state index contributed by atoms with van der Waals surface area (Å²) in [6.07, 6.45) is 3.21. The van der Waals surface area contributed by atoms with Crippen LogP contribution in [0.25, 0.3) is 0 Å². The van der Waals surface area contributed by atoms with Crippen LogP contribution in [0.1, 0.15) is 47.0 Å². The van der Waals surface area contributed by atoms with Crippen molar-refractivity contribution in [2.24, 2.45) is 11.3 Å². The molecule has 1 aromatic carbocycles. The number of carbonyl (C=O) groups excluding carboxylic acids is 2. The summed E-state index contributed by atoms with van der Waals surface area (Å²) >= 11 is 0. The predicted octanol–water partition coefficient (Wildman–Crippen LogP) is 3.66. The molecular formula is C22H33N3O3. The zero-order chi connectivity index (χ0) is 20.3. The van der Waals surface area contributed by atoms with E-state index in [9.17, 15) is 9.59 Å². The molecule has 0 aromatic heterocycles. The zero-order valence-electron chi connectivity index (χ0n) is 17.5. The highest BCUT2D eigenvalue weighted by Gasteiger charge is 2.34. The van der Waals surface area contributed by atoms with Crippen molar-refractivity contribution >= 4 is 17.6 Å². The molecular weight excluding hydrogens is 354 g/mol. The summed E-state index contributed by atoms with van der Waals surface area (Å²) in [7, 11) is 0. The Morgan fingerprint density at radius 3 is 2.57 bits per heavy atom. The van der Waals surface area contributed by atoms with Gasteiger partial charge in [-0.2, -0.15) is 0 Å². The molecule has 0 radical (unpaired) electrons. The van der Waals surface area contributed by atoms with Gasteiger partial charge < -0.3 is 15.0 Å². The SMILES string of the molecule is CCOc1ccc(N2CCN(CC(=O)NC3CC(C)CC(C)(C)C3)C2=O)cc1. The first-order chi connectivity index (χ1) is 13.3. The van der Waals surface area contributed by atoms with Crippen LogP contribution in [0.5, 0.6) is 5.75 Å². The smallest absolute Gasteiger partial charge is 0.325 e. The van der Waals surface area contributed by atoms with Gasteiger partial charge in [0.2, 0.25) is 5.91 Å². The number of amides is 3. The van der Waals surface area contributed by atoms with E-state index in [0.717, 1.165) is 24.3 Å². The minimum Gasteiger partial charge on any atom is -0.494 e. The summed E-state index contributed by atoms with van der Waals surface area (Å²) in [5, 5.41) is 3.16. The van der Waals surface area contributed by atoms with Crippen molar-refractivity contribution in [1.82, 2.24) is 10.2 Å². The van der Waals surface area contributed by atoms with Crippen LogP contribution in [-0.2, 0) is 4.79 Å². The Bertz CT molecular complexity index is 701. The molecule has 2 fully saturated rings. The van der Waals surface area contributed by atoms with Crippen LogP contribution in [0.3, 0.4) is 0 Å². The van der Waals surface area contributed by atoms with E-state index in [1.165, 1.54) is 6.42 Å². The number of nitrogens with one attached hydrogen (secondary N) is 1. The number of urea groups is 1. The highest BCUT2D eigenvalue weighted by molar-refractivity contribution is 5.96. The molecule has 1 aliphatic heterocycles. The molecule has 1 aromatic rings. The second-order valence-electron chi connectivity index (χ2n) is 8.96. The average Bonchev–Trinajstić information content (AvgIpc) is 2.94. The van der Waals surface area contributed by atoms with Gasteiger partial charge in [0.05, 0.1) is 6.61 Å². The molecule has 154 valence electrons. The standard InChI is InChI=1S/C22H33N3O3/c1-5-28-19-8-6-18(7-9-19)25-11-10-24(21(25)27)15-20(26)23-17-12-16(2)13-22(3,4)14-17/h6-9,16-17H,5,10-15H2,1-4H3,(H,23,26). The molecule has 1 N–H and O–H groups in total.